The van der Waals surface area contributed by atoms with E-state index in [2.05, 4.69) is 43.0 Å². The minimum absolute atomic E-state index is 0.0513. The van der Waals surface area contributed by atoms with Gasteiger partial charge in [-0.1, -0.05) is 30.7 Å². The summed E-state index contributed by atoms with van der Waals surface area (Å²) in [4.78, 5) is 15.1. The number of hydrogen-bond acceptors (Lipinski definition) is 4. The molecule has 0 aromatic heterocycles. The third kappa shape index (κ3) is 5.88. The van der Waals surface area contributed by atoms with Gasteiger partial charge in [0.05, 0.1) is 10.5 Å². The first-order valence-corrected chi connectivity index (χ1v) is 12.0. The standard InChI is InChI=1S/C21H26BrN3O3S/c1-23-29(27,28)18-9-10-20(22)19(13-18)21(26)24-14-16-5-7-17(8-6-16)15-25-11-3-2-4-12-25/h5-10,13,23H,2-4,11-12,14-15H2,1H3,(H,24,26). The molecule has 0 bridgehead atoms. The van der Waals surface area contributed by atoms with Gasteiger partial charge in [-0.2, -0.15) is 0 Å². The molecule has 0 unspecified atom stereocenters. The lowest BCUT2D eigenvalue weighted by Crippen LogP contribution is -2.29. The fourth-order valence-electron chi connectivity index (χ4n) is 3.38. The number of benzene rings is 2. The number of carbonyl (C=O) groups excluding carboxylic acids is 1. The SMILES string of the molecule is CNS(=O)(=O)c1ccc(Br)c(C(=O)NCc2ccc(CN3CCCCC3)cc2)c1. The van der Waals surface area contributed by atoms with Crippen molar-refractivity contribution in [2.24, 2.45) is 0 Å². The van der Waals surface area contributed by atoms with Crippen LogP contribution in [0, 0.1) is 0 Å². The van der Waals surface area contributed by atoms with Crippen molar-refractivity contribution in [3.8, 4) is 0 Å². The monoisotopic (exact) mass is 479 g/mol. The summed E-state index contributed by atoms with van der Waals surface area (Å²) in [7, 11) is -2.27. The minimum Gasteiger partial charge on any atom is -0.348 e. The number of sulfonamides is 1. The van der Waals surface area contributed by atoms with Gasteiger partial charge < -0.3 is 5.32 Å². The Balaban J connectivity index is 1.61. The largest absolute Gasteiger partial charge is 0.348 e. The molecule has 1 amide bonds. The number of nitrogens with zero attached hydrogens (tertiary/aromatic N) is 1. The number of halogens is 1. The van der Waals surface area contributed by atoms with Crippen molar-refractivity contribution in [3.63, 3.8) is 0 Å². The van der Waals surface area contributed by atoms with Gasteiger partial charge in [0, 0.05) is 17.6 Å². The molecule has 1 aliphatic rings. The van der Waals surface area contributed by atoms with Crippen LogP contribution in [0.2, 0.25) is 0 Å². The Labute approximate surface area is 180 Å². The van der Waals surface area contributed by atoms with E-state index in [1.807, 2.05) is 12.1 Å². The first-order chi connectivity index (χ1) is 13.9. The summed E-state index contributed by atoms with van der Waals surface area (Å²) in [6.07, 6.45) is 3.88. The molecule has 2 aromatic carbocycles. The van der Waals surface area contributed by atoms with Crippen molar-refractivity contribution < 1.29 is 13.2 Å². The molecule has 3 rings (SSSR count). The van der Waals surface area contributed by atoms with E-state index in [0.717, 1.165) is 25.2 Å². The average Bonchev–Trinajstić information content (AvgIpc) is 2.74. The van der Waals surface area contributed by atoms with Crippen LogP contribution in [0.1, 0.15) is 40.7 Å². The number of rotatable bonds is 7. The van der Waals surface area contributed by atoms with Crippen molar-refractivity contribution in [3.05, 3.63) is 63.6 Å². The second-order valence-corrected chi connectivity index (χ2v) is 9.93. The maximum atomic E-state index is 12.6. The van der Waals surface area contributed by atoms with E-state index in [9.17, 15) is 13.2 Å². The van der Waals surface area contributed by atoms with Gasteiger partial charge in [-0.05, 0) is 78.2 Å². The second-order valence-electron chi connectivity index (χ2n) is 7.19. The molecular weight excluding hydrogens is 454 g/mol. The Morgan fingerprint density at radius 2 is 1.69 bits per heavy atom. The molecular formula is C21H26BrN3O3S. The zero-order valence-electron chi connectivity index (χ0n) is 16.4. The molecule has 0 radical (unpaired) electrons. The normalized spacial score (nSPS) is 15.2. The van der Waals surface area contributed by atoms with Crippen LogP contribution in [-0.4, -0.2) is 39.4 Å². The fraction of sp³-hybridized carbons (Fsp3) is 0.381. The van der Waals surface area contributed by atoms with Gasteiger partial charge in [0.1, 0.15) is 0 Å². The molecule has 156 valence electrons. The highest BCUT2D eigenvalue weighted by molar-refractivity contribution is 9.10. The molecule has 29 heavy (non-hydrogen) atoms. The molecule has 2 N–H and O–H groups in total. The molecule has 2 aromatic rings. The van der Waals surface area contributed by atoms with Crippen LogP contribution in [0.4, 0.5) is 0 Å². The van der Waals surface area contributed by atoms with Gasteiger partial charge in [-0.25, -0.2) is 13.1 Å². The van der Waals surface area contributed by atoms with Crippen LogP contribution in [0.15, 0.2) is 51.8 Å². The van der Waals surface area contributed by atoms with Crippen LogP contribution >= 0.6 is 15.9 Å². The van der Waals surface area contributed by atoms with E-state index in [1.54, 1.807) is 6.07 Å². The van der Waals surface area contributed by atoms with Gasteiger partial charge in [0.2, 0.25) is 10.0 Å². The molecule has 6 nitrogen and oxygen atoms in total. The number of hydrogen-bond donors (Lipinski definition) is 2. The van der Waals surface area contributed by atoms with Gasteiger partial charge in [0.15, 0.2) is 0 Å². The van der Waals surface area contributed by atoms with Crippen LogP contribution < -0.4 is 10.0 Å². The van der Waals surface area contributed by atoms with E-state index >= 15 is 0 Å². The Morgan fingerprint density at radius 3 is 2.34 bits per heavy atom. The number of piperidine rings is 1. The Bertz CT molecular complexity index is 956. The predicted octanol–water partition coefficient (Wildman–Crippen LogP) is 3.27. The number of amides is 1. The van der Waals surface area contributed by atoms with Gasteiger partial charge >= 0.3 is 0 Å². The van der Waals surface area contributed by atoms with Crippen LogP contribution in [0.3, 0.4) is 0 Å². The molecule has 1 heterocycles. The number of carbonyl (C=O) groups is 1. The van der Waals surface area contributed by atoms with Gasteiger partial charge in [0.25, 0.3) is 5.91 Å². The summed E-state index contributed by atoms with van der Waals surface area (Å²) in [5, 5.41) is 2.86. The predicted molar refractivity (Wildman–Crippen MR) is 117 cm³/mol. The lowest BCUT2D eigenvalue weighted by atomic mass is 10.1. The molecule has 8 heteroatoms. The van der Waals surface area contributed by atoms with Crippen LogP contribution in [0.25, 0.3) is 0 Å². The zero-order valence-corrected chi connectivity index (χ0v) is 18.9. The molecule has 0 spiro atoms. The van der Waals surface area contributed by atoms with E-state index in [4.69, 9.17) is 0 Å². The Morgan fingerprint density at radius 1 is 1.03 bits per heavy atom. The Hall–Kier alpha value is -1.74. The number of nitrogens with one attached hydrogen (secondary N) is 2. The van der Waals surface area contributed by atoms with E-state index in [0.29, 0.717) is 11.0 Å². The highest BCUT2D eigenvalue weighted by atomic mass is 79.9. The summed E-state index contributed by atoms with van der Waals surface area (Å²) >= 11 is 3.32. The Kier molecular flexibility index (Phi) is 7.45. The van der Waals surface area contributed by atoms with Crippen LogP contribution in [0.5, 0.6) is 0 Å². The molecule has 0 saturated carbocycles. The van der Waals surface area contributed by atoms with Crippen molar-refractivity contribution in [1.82, 2.24) is 14.9 Å². The topological polar surface area (TPSA) is 78.5 Å². The summed E-state index contributed by atoms with van der Waals surface area (Å²) in [5.41, 5.74) is 2.55. The first-order valence-electron chi connectivity index (χ1n) is 9.70. The van der Waals surface area contributed by atoms with Crippen molar-refractivity contribution in [2.75, 3.05) is 20.1 Å². The summed E-state index contributed by atoms with van der Waals surface area (Å²) in [6, 6.07) is 12.6. The van der Waals surface area contributed by atoms with Crippen molar-refractivity contribution >= 4 is 31.9 Å². The minimum atomic E-state index is -3.61. The summed E-state index contributed by atoms with van der Waals surface area (Å²) < 4.78 is 26.8. The smallest absolute Gasteiger partial charge is 0.252 e. The van der Waals surface area contributed by atoms with Crippen molar-refractivity contribution in [1.29, 1.82) is 0 Å². The van der Waals surface area contributed by atoms with E-state index in [-0.39, 0.29) is 16.4 Å². The molecule has 1 saturated heterocycles. The lowest BCUT2D eigenvalue weighted by Gasteiger charge is -2.26. The quantitative estimate of drug-likeness (QED) is 0.638. The third-order valence-corrected chi connectivity index (χ3v) is 7.20. The maximum absolute atomic E-state index is 12.6. The van der Waals surface area contributed by atoms with Gasteiger partial charge in [-0.3, -0.25) is 9.69 Å². The first kappa shape index (κ1) is 22.0. The average molecular weight is 480 g/mol. The molecule has 0 aliphatic carbocycles. The van der Waals surface area contributed by atoms with E-state index in [1.165, 1.54) is 44.0 Å². The highest BCUT2D eigenvalue weighted by Crippen LogP contribution is 2.21. The van der Waals surface area contributed by atoms with Crippen molar-refractivity contribution in [2.45, 2.75) is 37.2 Å². The lowest BCUT2D eigenvalue weighted by molar-refractivity contribution is 0.0950. The third-order valence-electron chi connectivity index (χ3n) is 5.09. The second kappa shape index (κ2) is 9.84. The summed E-state index contributed by atoms with van der Waals surface area (Å²) in [6.45, 7) is 3.66. The molecule has 1 fully saturated rings. The summed E-state index contributed by atoms with van der Waals surface area (Å²) in [5.74, 6) is -0.331. The number of likely N-dealkylation sites (tertiary alicyclic amines) is 1. The molecule has 1 aliphatic heterocycles. The van der Waals surface area contributed by atoms with Crippen LogP contribution in [-0.2, 0) is 23.1 Å². The molecule has 0 atom stereocenters. The van der Waals surface area contributed by atoms with Gasteiger partial charge in [-0.15, -0.1) is 0 Å². The highest BCUT2D eigenvalue weighted by Gasteiger charge is 2.17. The maximum Gasteiger partial charge on any atom is 0.252 e. The fourth-order valence-corrected chi connectivity index (χ4v) is 4.56. The zero-order chi connectivity index (χ0) is 20.9. The van der Waals surface area contributed by atoms with E-state index < -0.39 is 10.0 Å².